The van der Waals surface area contributed by atoms with Crippen molar-refractivity contribution in [2.45, 2.75) is 32.2 Å². The van der Waals surface area contributed by atoms with Crippen LogP contribution in [0.3, 0.4) is 0 Å². The molecule has 4 heteroatoms. The van der Waals surface area contributed by atoms with E-state index >= 15 is 0 Å². The summed E-state index contributed by atoms with van der Waals surface area (Å²) < 4.78 is 14.3. The van der Waals surface area contributed by atoms with Crippen LogP contribution in [0.5, 0.6) is 0 Å². The lowest BCUT2D eigenvalue weighted by molar-refractivity contribution is 0.360. The van der Waals surface area contributed by atoms with Crippen LogP contribution in [0.15, 0.2) is 18.2 Å². The quantitative estimate of drug-likeness (QED) is 0.917. The highest BCUT2D eigenvalue weighted by molar-refractivity contribution is 5.49. The highest BCUT2D eigenvalue weighted by atomic mass is 19.1. The van der Waals surface area contributed by atoms with E-state index in [0.717, 1.165) is 56.7 Å². The fraction of sp³-hybridized carbons (Fsp3) is 0.625. The molecule has 1 aromatic carbocycles. The number of nitrogens with zero attached hydrogens (tertiary/aromatic N) is 2. The van der Waals surface area contributed by atoms with Gasteiger partial charge in [0.25, 0.3) is 0 Å². The van der Waals surface area contributed by atoms with E-state index in [9.17, 15) is 4.39 Å². The zero-order chi connectivity index (χ0) is 14.5. The minimum absolute atomic E-state index is 0.115. The van der Waals surface area contributed by atoms with Gasteiger partial charge in [-0.15, -0.1) is 0 Å². The topological polar surface area (TPSA) is 32.5 Å². The fourth-order valence-corrected chi connectivity index (χ4v) is 2.67. The van der Waals surface area contributed by atoms with Gasteiger partial charge in [0.05, 0.1) is 5.69 Å². The largest absolute Gasteiger partial charge is 0.368 e. The van der Waals surface area contributed by atoms with E-state index in [4.69, 9.17) is 5.73 Å². The van der Waals surface area contributed by atoms with Crippen LogP contribution in [0.4, 0.5) is 10.1 Å². The summed E-state index contributed by atoms with van der Waals surface area (Å²) in [6, 6.07) is 5.70. The summed E-state index contributed by atoms with van der Waals surface area (Å²) in [4.78, 5) is 4.45. The summed E-state index contributed by atoms with van der Waals surface area (Å²) in [7, 11) is 2.12. The second kappa shape index (κ2) is 7.04. The first-order valence-electron chi connectivity index (χ1n) is 7.57. The van der Waals surface area contributed by atoms with E-state index in [1.807, 2.05) is 12.1 Å². The number of benzene rings is 1. The van der Waals surface area contributed by atoms with Gasteiger partial charge in [-0.1, -0.05) is 13.0 Å². The van der Waals surface area contributed by atoms with Crippen molar-refractivity contribution >= 4 is 5.69 Å². The summed E-state index contributed by atoms with van der Waals surface area (Å²) >= 11 is 0. The SMILES string of the molecule is CCC(N)Cc1ccc(N2CCCN(C)CC2)c(F)c1. The number of hydrogen-bond donors (Lipinski definition) is 1. The fourth-order valence-electron chi connectivity index (χ4n) is 2.67. The molecule has 2 rings (SSSR count). The average molecular weight is 279 g/mol. The zero-order valence-corrected chi connectivity index (χ0v) is 12.6. The van der Waals surface area contributed by atoms with Crippen LogP contribution in [-0.4, -0.2) is 44.2 Å². The smallest absolute Gasteiger partial charge is 0.146 e. The molecular formula is C16H26FN3. The Kier molecular flexibility index (Phi) is 5.38. The maximum atomic E-state index is 14.3. The zero-order valence-electron chi connectivity index (χ0n) is 12.6. The van der Waals surface area contributed by atoms with Crippen LogP contribution in [0.1, 0.15) is 25.3 Å². The first-order chi connectivity index (χ1) is 9.60. The number of nitrogens with two attached hydrogens (primary N) is 1. The number of likely N-dealkylation sites (N-methyl/N-ethyl adjacent to an activating group) is 1. The van der Waals surface area contributed by atoms with Crippen LogP contribution >= 0.6 is 0 Å². The van der Waals surface area contributed by atoms with E-state index in [1.165, 1.54) is 0 Å². The third kappa shape index (κ3) is 3.93. The molecule has 0 aromatic heterocycles. The molecular weight excluding hydrogens is 253 g/mol. The van der Waals surface area contributed by atoms with Gasteiger partial charge < -0.3 is 15.5 Å². The number of rotatable bonds is 4. The Labute approximate surface area is 121 Å². The van der Waals surface area contributed by atoms with E-state index in [0.29, 0.717) is 0 Å². The molecule has 20 heavy (non-hydrogen) atoms. The monoisotopic (exact) mass is 279 g/mol. The minimum Gasteiger partial charge on any atom is -0.368 e. The number of halogens is 1. The summed E-state index contributed by atoms with van der Waals surface area (Å²) in [6.45, 7) is 5.95. The Morgan fingerprint density at radius 2 is 2.05 bits per heavy atom. The molecule has 1 aromatic rings. The molecule has 112 valence electrons. The summed E-state index contributed by atoms with van der Waals surface area (Å²) in [6.07, 6.45) is 2.75. The summed E-state index contributed by atoms with van der Waals surface area (Å²) in [5.74, 6) is -0.115. The lowest BCUT2D eigenvalue weighted by Crippen LogP contribution is -2.29. The Morgan fingerprint density at radius 3 is 2.75 bits per heavy atom. The third-order valence-corrected chi connectivity index (χ3v) is 4.09. The number of anilines is 1. The molecule has 3 nitrogen and oxygen atoms in total. The second-order valence-corrected chi connectivity index (χ2v) is 5.80. The van der Waals surface area contributed by atoms with Crippen molar-refractivity contribution in [3.05, 3.63) is 29.6 Å². The Hall–Kier alpha value is -1.13. The summed E-state index contributed by atoms with van der Waals surface area (Å²) in [5, 5.41) is 0. The molecule has 1 atom stereocenters. The molecule has 1 saturated heterocycles. The van der Waals surface area contributed by atoms with Crippen LogP contribution < -0.4 is 10.6 Å². The molecule has 1 aliphatic heterocycles. The normalized spacial score (nSPS) is 18.9. The highest BCUT2D eigenvalue weighted by Gasteiger charge is 2.16. The predicted molar refractivity (Wildman–Crippen MR) is 82.7 cm³/mol. The van der Waals surface area contributed by atoms with Crippen molar-refractivity contribution in [3.63, 3.8) is 0 Å². The molecule has 0 aliphatic carbocycles. The first-order valence-corrected chi connectivity index (χ1v) is 7.57. The van der Waals surface area contributed by atoms with Gasteiger partial charge in [-0.2, -0.15) is 0 Å². The molecule has 1 aliphatic rings. The first kappa shape index (κ1) is 15.3. The van der Waals surface area contributed by atoms with Gasteiger partial charge in [-0.05, 0) is 50.6 Å². The van der Waals surface area contributed by atoms with Gasteiger partial charge in [-0.3, -0.25) is 0 Å². The molecule has 0 spiro atoms. The van der Waals surface area contributed by atoms with Crippen molar-refractivity contribution in [2.24, 2.45) is 5.73 Å². The highest BCUT2D eigenvalue weighted by Crippen LogP contribution is 2.22. The van der Waals surface area contributed by atoms with E-state index < -0.39 is 0 Å². The van der Waals surface area contributed by atoms with Crippen molar-refractivity contribution < 1.29 is 4.39 Å². The van der Waals surface area contributed by atoms with Crippen LogP contribution in [-0.2, 0) is 6.42 Å². The van der Waals surface area contributed by atoms with E-state index in [1.54, 1.807) is 6.07 Å². The molecule has 0 saturated carbocycles. The van der Waals surface area contributed by atoms with Crippen molar-refractivity contribution in [2.75, 3.05) is 38.1 Å². The third-order valence-electron chi connectivity index (χ3n) is 4.09. The molecule has 0 radical (unpaired) electrons. The predicted octanol–water partition coefficient (Wildman–Crippen LogP) is 2.25. The van der Waals surface area contributed by atoms with Gasteiger partial charge >= 0.3 is 0 Å². The van der Waals surface area contributed by atoms with Gasteiger partial charge in [0, 0.05) is 25.7 Å². The van der Waals surface area contributed by atoms with Gasteiger partial charge in [-0.25, -0.2) is 4.39 Å². The van der Waals surface area contributed by atoms with Crippen molar-refractivity contribution in [1.29, 1.82) is 0 Å². The molecule has 2 N–H and O–H groups in total. The van der Waals surface area contributed by atoms with Crippen molar-refractivity contribution in [1.82, 2.24) is 4.90 Å². The van der Waals surface area contributed by atoms with Gasteiger partial charge in [0.15, 0.2) is 0 Å². The molecule has 1 fully saturated rings. The molecule has 0 amide bonds. The minimum atomic E-state index is -0.115. The lowest BCUT2D eigenvalue weighted by Gasteiger charge is -2.23. The maximum absolute atomic E-state index is 14.3. The maximum Gasteiger partial charge on any atom is 0.146 e. The van der Waals surface area contributed by atoms with Crippen LogP contribution in [0.2, 0.25) is 0 Å². The van der Waals surface area contributed by atoms with Gasteiger partial charge in [0.2, 0.25) is 0 Å². The number of hydrogen-bond acceptors (Lipinski definition) is 3. The lowest BCUT2D eigenvalue weighted by atomic mass is 10.0. The van der Waals surface area contributed by atoms with E-state index in [-0.39, 0.29) is 11.9 Å². The Balaban J connectivity index is 2.08. The molecule has 1 unspecified atom stereocenters. The van der Waals surface area contributed by atoms with Crippen molar-refractivity contribution in [3.8, 4) is 0 Å². The van der Waals surface area contributed by atoms with Gasteiger partial charge in [0.1, 0.15) is 5.82 Å². The molecule has 0 bridgehead atoms. The second-order valence-electron chi connectivity index (χ2n) is 5.80. The standard InChI is InChI=1S/C16H26FN3/c1-3-14(18)11-13-5-6-16(15(17)12-13)20-8-4-7-19(2)9-10-20/h5-6,12,14H,3-4,7-11,18H2,1-2H3. The molecule has 1 heterocycles. The van der Waals surface area contributed by atoms with Crippen LogP contribution in [0.25, 0.3) is 0 Å². The Bertz CT molecular complexity index is 436. The summed E-state index contributed by atoms with van der Waals surface area (Å²) in [5.41, 5.74) is 7.66. The average Bonchev–Trinajstić information content (AvgIpc) is 2.64. The van der Waals surface area contributed by atoms with Crippen LogP contribution in [0, 0.1) is 5.82 Å². The van der Waals surface area contributed by atoms with E-state index in [2.05, 4.69) is 23.8 Å². The Morgan fingerprint density at radius 1 is 1.25 bits per heavy atom.